The lowest BCUT2D eigenvalue weighted by Crippen LogP contribution is -2.14. The Morgan fingerprint density at radius 2 is 2.06 bits per heavy atom. The van der Waals surface area contributed by atoms with Crippen molar-refractivity contribution in [2.75, 3.05) is 38.8 Å². The van der Waals surface area contributed by atoms with Crippen LogP contribution in [0.25, 0.3) is 0 Å². The van der Waals surface area contributed by atoms with Crippen LogP contribution in [0.4, 0.5) is 5.95 Å². The largest absolute Gasteiger partial charge is 0.464 e. The number of rotatable bonds is 6. The number of anilines is 1. The average molecular weight is 254 g/mol. The number of ether oxygens (including phenoxy) is 3. The van der Waals surface area contributed by atoms with E-state index in [0.29, 0.717) is 25.1 Å². The van der Waals surface area contributed by atoms with Gasteiger partial charge in [0.05, 0.1) is 19.8 Å². The Kier molecular flexibility index (Phi) is 4.52. The molecule has 2 rings (SSSR count). The van der Waals surface area contributed by atoms with Crippen LogP contribution in [0.5, 0.6) is 12.0 Å². The van der Waals surface area contributed by atoms with E-state index in [-0.39, 0.29) is 12.0 Å². The summed E-state index contributed by atoms with van der Waals surface area (Å²) in [5.74, 6) is 0.849. The van der Waals surface area contributed by atoms with E-state index >= 15 is 0 Å². The second kappa shape index (κ2) is 6.34. The van der Waals surface area contributed by atoms with E-state index in [1.165, 1.54) is 0 Å². The van der Waals surface area contributed by atoms with Crippen LogP contribution in [0, 0.1) is 5.92 Å². The summed E-state index contributed by atoms with van der Waals surface area (Å²) in [6.45, 7) is 4.47. The molecule has 1 aliphatic rings. The highest BCUT2D eigenvalue weighted by molar-refractivity contribution is 5.26. The van der Waals surface area contributed by atoms with Gasteiger partial charge in [-0.15, -0.1) is 4.98 Å². The average Bonchev–Trinajstić information content (AvgIpc) is 2.89. The second-order valence-electron chi connectivity index (χ2n) is 3.95. The molecule has 1 unspecified atom stereocenters. The third kappa shape index (κ3) is 3.43. The molecule has 1 fully saturated rings. The van der Waals surface area contributed by atoms with E-state index in [4.69, 9.17) is 14.2 Å². The standard InChI is InChI=1S/C11H18N4O3/c1-3-17-10-13-9(12-2)14-11(15-10)18-7-8-4-5-16-6-8/h8H,3-7H2,1-2H3,(H,12,13,14,15). The highest BCUT2D eigenvalue weighted by Crippen LogP contribution is 2.16. The van der Waals surface area contributed by atoms with Crippen molar-refractivity contribution >= 4 is 5.95 Å². The Morgan fingerprint density at radius 3 is 2.67 bits per heavy atom. The van der Waals surface area contributed by atoms with Gasteiger partial charge in [0, 0.05) is 19.6 Å². The number of aromatic nitrogens is 3. The minimum atomic E-state index is 0.273. The van der Waals surface area contributed by atoms with Gasteiger partial charge in [0.1, 0.15) is 0 Å². The van der Waals surface area contributed by atoms with Gasteiger partial charge in [-0.05, 0) is 13.3 Å². The zero-order chi connectivity index (χ0) is 12.8. The van der Waals surface area contributed by atoms with Crippen molar-refractivity contribution in [1.29, 1.82) is 0 Å². The van der Waals surface area contributed by atoms with E-state index in [9.17, 15) is 0 Å². The van der Waals surface area contributed by atoms with Crippen molar-refractivity contribution in [1.82, 2.24) is 15.0 Å². The van der Waals surface area contributed by atoms with Crippen molar-refractivity contribution in [2.24, 2.45) is 5.92 Å². The van der Waals surface area contributed by atoms with Crippen LogP contribution in [0.2, 0.25) is 0 Å². The van der Waals surface area contributed by atoms with Gasteiger partial charge in [-0.25, -0.2) is 0 Å². The number of nitrogens with zero attached hydrogens (tertiary/aromatic N) is 3. The van der Waals surface area contributed by atoms with Crippen LogP contribution >= 0.6 is 0 Å². The molecule has 1 saturated heterocycles. The fourth-order valence-electron chi connectivity index (χ4n) is 1.62. The van der Waals surface area contributed by atoms with E-state index in [1.54, 1.807) is 7.05 Å². The molecule has 0 aliphatic carbocycles. The highest BCUT2D eigenvalue weighted by atomic mass is 16.5. The Balaban J connectivity index is 1.98. The van der Waals surface area contributed by atoms with Gasteiger partial charge in [0.15, 0.2) is 0 Å². The zero-order valence-corrected chi connectivity index (χ0v) is 10.7. The molecule has 7 heteroatoms. The van der Waals surface area contributed by atoms with E-state index in [1.807, 2.05) is 6.92 Å². The first-order valence-corrected chi connectivity index (χ1v) is 6.09. The Morgan fingerprint density at radius 1 is 1.28 bits per heavy atom. The van der Waals surface area contributed by atoms with Gasteiger partial charge in [0.2, 0.25) is 5.95 Å². The number of nitrogens with one attached hydrogen (secondary N) is 1. The maximum atomic E-state index is 5.56. The number of hydrogen-bond acceptors (Lipinski definition) is 7. The lowest BCUT2D eigenvalue weighted by Gasteiger charge is -2.10. The molecule has 0 spiro atoms. The number of hydrogen-bond donors (Lipinski definition) is 1. The maximum Gasteiger partial charge on any atom is 0.324 e. The molecule has 1 aliphatic heterocycles. The van der Waals surface area contributed by atoms with E-state index in [2.05, 4.69) is 20.3 Å². The molecule has 0 saturated carbocycles. The molecule has 18 heavy (non-hydrogen) atoms. The first-order valence-electron chi connectivity index (χ1n) is 6.09. The predicted molar refractivity (Wildman–Crippen MR) is 65.0 cm³/mol. The third-order valence-corrected chi connectivity index (χ3v) is 2.56. The first kappa shape index (κ1) is 12.8. The lowest BCUT2D eigenvalue weighted by molar-refractivity contribution is 0.162. The van der Waals surface area contributed by atoms with Gasteiger partial charge >= 0.3 is 12.0 Å². The van der Waals surface area contributed by atoms with Crippen LogP contribution in [-0.4, -0.2) is 48.4 Å². The smallest absolute Gasteiger partial charge is 0.324 e. The molecule has 0 aromatic carbocycles. The molecular weight excluding hydrogens is 236 g/mol. The van der Waals surface area contributed by atoms with Crippen LogP contribution in [-0.2, 0) is 4.74 Å². The van der Waals surface area contributed by atoms with Crippen molar-refractivity contribution in [2.45, 2.75) is 13.3 Å². The minimum Gasteiger partial charge on any atom is -0.464 e. The first-order chi connectivity index (χ1) is 8.81. The molecular formula is C11H18N4O3. The Bertz CT molecular complexity index is 383. The van der Waals surface area contributed by atoms with Gasteiger partial charge in [-0.2, -0.15) is 9.97 Å². The summed E-state index contributed by atoms with van der Waals surface area (Å²) >= 11 is 0. The minimum absolute atomic E-state index is 0.273. The van der Waals surface area contributed by atoms with Crippen LogP contribution < -0.4 is 14.8 Å². The fraction of sp³-hybridized carbons (Fsp3) is 0.727. The molecule has 1 aromatic heterocycles. The molecule has 0 bridgehead atoms. The summed E-state index contributed by atoms with van der Waals surface area (Å²) in [6, 6.07) is 0.555. The topological polar surface area (TPSA) is 78.4 Å². The monoisotopic (exact) mass is 254 g/mol. The summed E-state index contributed by atoms with van der Waals surface area (Å²) in [5.41, 5.74) is 0. The molecule has 7 nitrogen and oxygen atoms in total. The molecule has 0 amide bonds. The van der Waals surface area contributed by atoms with Crippen molar-refractivity contribution < 1.29 is 14.2 Å². The van der Waals surface area contributed by atoms with Gasteiger partial charge in [0.25, 0.3) is 0 Å². The summed E-state index contributed by atoms with van der Waals surface area (Å²) in [4.78, 5) is 12.3. The highest BCUT2D eigenvalue weighted by Gasteiger charge is 2.17. The van der Waals surface area contributed by atoms with Crippen molar-refractivity contribution in [3.63, 3.8) is 0 Å². The molecule has 100 valence electrons. The summed E-state index contributed by atoms with van der Waals surface area (Å²) in [6.07, 6.45) is 1.02. The van der Waals surface area contributed by atoms with Crippen molar-refractivity contribution in [3.05, 3.63) is 0 Å². The maximum absolute atomic E-state index is 5.56. The quantitative estimate of drug-likeness (QED) is 0.801. The van der Waals surface area contributed by atoms with Gasteiger partial charge in [-0.1, -0.05) is 0 Å². The van der Waals surface area contributed by atoms with Crippen LogP contribution in [0.3, 0.4) is 0 Å². The Hall–Kier alpha value is -1.63. The van der Waals surface area contributed by atoms with Crippen LogP contribution in [0.1, 0.15) is 13.3 Å². The summed E-state index contributed by atoms with van der Waals surface area (Å²) in [7, 11) is 1.74. The predicted octanol–water partition coefficient (Wildman–Crippen LogP) is 0.727. The Labute approximate surface area is 106 Å². The second-order valence-corrected chi connectivity index (χ2v) is 3.95. The van der Waals surface area contributed by atoms with Gasteiger partial charge in [-0.3, -0.25) is 0 Å². The molecule has 1 N–H and O–H groups in total. The molecule has 1 aromatic rings. The molecule has 2 heterocycles. The van der Waals surface area contributed by atoms with E-state index in [0.717, 1.165) is 19.6 Å². The van der Waals surface area contributed by atoms with Gasteiger partial charge < -0.3 is 19.5 Å². The third-order valence-electron chi connectivity index (χ3n) is 2.56. The SMILES string of the molecule is CCOc1nc(NC)nc(OCC2CCOC2)n1. The zero-order valence-electron chi connectivity index (χ0n) is 10.7. The molecule has 1 atom stereocenters. The molecule has 0 radical (unpaired) electrons. The van der Waals surface area contributed by atoms with Crippen LogP contribution in [0.15, 0.2) is 0 Å². The van der Waals surface area contributed by atoms with Crippen molar-refractivity contribution in [3.8, 4) is 12.0 Å². The fourth-order valence-corrected chi connectivity index (χ4v) is 1.62. The summed E-state index contributed by atoms with van der Waals surface area (Å²) < 4.78 is 16.1. The summed E-state index contributed by atoms with van der Waals surface area (Å²) in [5, 5.41) is 2.85. The normalized spacial score (nSPS) is 18.7. The van der Waals surface area contributed by atoms with E-state index < -0.39 is 0 Å². The lowest BCUT2D eigenvalue weighted by atomic mass is 10.1.